The molecule has 3 aromatic heterocycles. The van der Waals surface area contributed by atoms with Gasteiger partial charge in [-0.2, -0.15) is 21.4 Å². The van der Waals surface area contributed by atoms with Gasteiger partial charge in [-0.15, -0.1) is 0 Å². The number of aryl methyl sites for hydroxylation is 2. The van der Waals surface area contributed by atoms with Crippen molar-refractivity contribution in [2.24, 2.45) is 0 Å². The average Bonchev–Trinajstić information content (AvgIpc) is 3.31. The molecule has 1 N–H and O–H groups in total. The molecule has 3 heterocycles. The highest BCUT2D eigenvalue weighted by atomic mass is 32.1. The lowest BCUT2D eigenvalue weighted by atomic mass is 10.2. The molecule has 0 aliphatic heterocycles. The number of carbonyl (C=O) groups is 1. The molecule has 24 heavy (non-hydrogen) atoms. The number of carbonyl (C=O) groups excluding carboxylic acids is 1. The van der Waals surface area contributed by atoms with Gasteiger partial charge in [-0.3, -0.25) is 4.79 Å². The van der Waals surface area contributed by atoms with Gasteiger partial charge in [0.05, 0.1) is 12.7 Å². The van der Waals surface area contributed by atoms with Crippen LogP contribution in [0.5, 0.6) is 0 Å². The highest BCUT2D eigenvalue weighted by Crippen LogP contribution is 2.13. The van der Waals surface area contributed by atoms with E-state index in [4.69, 9.17) is 4.52 Å². The largest absolute Gasteiger partial charge is 0.339 e. The van der Waals surface area contributed by atoms with Crippen LogP contribution in [0.2, 0.25) is 0 Å². The molecule has 8 heteroatoms. The van der Waals surface area contributed by atoms with Crippen molar-refractivity contribution in [2.45, 2.75) is 39.2 Å². The van der Waals surface area contributed by atoms with Crippen molar-refractivity contribution < 1.29 is 9.32 Å². The maximum absolute atomic E-state index is 12.1. The van der Waals surface area contributed by atoms with E-state index in [0.29, 0.717) is 43.3 Å². The first-order chi connectivity index (χ1) is 11.7. The third-order valence-electron chi connectivity index (χ3n) is 3.52. The molecule has 0 fully saturated rings. The summed E-state index contributed by atoms with van der Waals surface area (Å²) in [5, 5.41) is 15.1. The van der Waals surface area contributed by atoms with Crippen molar-refractivity contribution in [3.05, 3.63) is 46.4 Å². The molecule has 0 aliphatic rings. The number of hydrogen-bond acceptors (Lipinski definition) is 6. The van der Waals surface area contributed by atoms with E-state index in [9.17, 15) is 4.79 Å². The van der Waals surface area contributed by atoms with Crippen LogP contribution in [0.1, 0.15) is 37.0 Å². The van der Waals surface area contributed by atoms with E-state index in [1.54, 1.807) is 28.3 Å². The summed E-state index contributed by atoms with van der Waals surface area (Å²) in [6, 6.07) is 3.85. The third-order valence-corrected chi connectivity index (χ3v) is 4.25. The molecule has 3 aromatic rings. The van der Waals surface area contributed by atoms with Crippen LogP contribution in [0.4, 0.5) is 5.82 Å². The zero-order valence-electron chi connectivity index (χ0n) is 13.4. The molecule has 0 radical (unpaired) electrons. The van der Waals surface area contributed by atoms with Crippen molar-refractivity contribution in [1.82, 2.24) is 19.9 Å². The van der Waals surface area contributed by atoms with E-state index in [1.165, 1.54) is 5.56 Å². The monoisotopic (exact) mass is 345 g/mol. The van der Waals surface area contributed by atoms with Gasteiger partial charge in [0.25, 0.3) is 0 Å². The van der Waals surface area contributed by atoms with Gasteiger partial charge in [0.15, 0.2) is 5.82 Å². The normalized spacial score (nSPS) is 10.9. The number of rotatable bonds is 8. The molecule has 0 bridgehead atoms. The number of aromatic nitrogens is 4. The Labute approximate surface area is 143 Å². The molecule has 1 amide bonds. The molecular weight excluding hydrogens is 326 g/mol. The first kappa shape index (κ1) is 16.4. The van der Waals surface area contributed by atoms with Gasteiger partial charge in [0, 0.05) is 25.3 Å². The predicted octanol–water partition coefficient (Wildman–Crippen LogP) is 2.90. The van der Waals surface area contributed by atoms with Gasteiger partial charge in [-0.25, -0.2) is 4.68 Å². The molecule has 3 rings (SSSR count). The van der Waals surface area contributed by atoms with Gasteiger partial charge in [0.2, 0.25) is 11.8 Å². The van der Waals surface area contributed by atoms with Crippen molar-refractivity contribution in [3.8, 4) is 0 Å². The Morgan fingerprint density at radius 2 is 2.33 bits per heavy atom. The van der Waals surface area contributed by atoms with Crippen LogP contribution in [-0.4, -0.2) is 25.8 Å². The molecule has 0 atom stereocenters. The second kappa shape index (κ2) is 7.87. The van der Waals surface area contributed by atoms with E-state index >= 15 is 0 Å². The van der Waals surface area contributed by atoms with E-state index in [1.807, 2.05) is 18.4 Å². The molecule has 126 valence electrons. The maximum atomic E-state index is 12.1. The Balaban J connectivity index is 1.47. The van der Waals surface area contributed by atoms with Crippen LogP contribution in [0.15, 0.2) is 33.6 Å². The van der Waals surface area contributed by atoms with E-state index in [2.05, 4.69) is 25.9 Å². The Morgan fingerprint density at radius 3 is 3.08 bits per heavy atom. The summed E-state index contributed by atoms with van der Waals surface area (Å²) in [4.78, 5) is 16.3. The summed E-state index contributed by atoms with van der Waals surface area (Å²) in [7, 11) is 0. The topological polar surface area (TPSA) is 85.8 Å². The second-order valence-corrected chi connectivity index (χ2v) is 6.15. The quantitative estimate of drug-likeness (QED) is 0.678. The summed E-state index contributed by atoms with van der Waals surface area (Å²) in [5.41, 5.74) is 1.17. The van der Waals surface area contributed by atoms with Crippen LogP contribution in [0.25, 0.3) is 0 Å². The first-order valence-electron chi connectivity index (χ1n) is 7.89. The lowest BCUT2D eigenvalue weighted by Gasteiger charge is -2.08. The second-order valence-electron chi connectivity index (χ2n) is 5.37. The predicted molar refractivity (Wildman–Crippen MR) is 90.9 cm³/mol. The van der Waals surface area contributed by atoms with Gasteiger partial charge in [0.1, 0.15) is 5.82 Å². The summed E-state index contributed by atoms with van der Waals surface area (Å²) < 4.78 is 6.90. The molecule has 7 nitrogen and oxygen atoms in total. The Morgan fingerprint density at radius 1 is 1.42 bits per heavy atom. The van der Waals surface area contributed by atoms with Crippen LogP contribution >= 0.6 is 11.3 Å². The van der Waals surface area contributed by atoms with Crippen LogP contribution in [0.3, 0.4) is 0 Å². The lowest BCUT2D eigenvalue weighted by molar-refractivity contribution is -0.116. The zero-order valence-corrected chi connectivity index (χ0v) is 14.3. The standard InChI is InChI=1S/C16H19N5O2S/c1-2-13-18-16(23-20-13)5-3-4-15(22)19-14-6-8-17-21(14)10-12-7-9-24-11-12/h6-9,11H,2-5,10H2,1H3,(H,19,22). The fourth-order valence-corrected chi connectivity index (χ4v) is 2.92. The van der Waals surface area contributed by atoms with E-state index in [0.717, 1.165) is 6.42 Å². The smallest absolute Gasteiger partial charge is 0.226 e. The van der Waals surface area contributed by atoms with Gasteiger partial charge >= 0.3 is 0 Å². The van der Waals surface area contributed by atoms with Crippen molar-refractivity contribution in [2.75, 3.05) is 5.32 Å². The Bertz CT molecular complexity index is 778. The average molecular weight is 345 g/mol. The van der Waals surface area contributed by atoms with Gasteiger partial charge in [-0.1, -0.05) is 12.1 Å². The first-order valence-corrected chi connectivity index (χ1v) is 8.83. The SMILES string of the molecule is CCc1noc(CCCC(=O)Nc2ccnn2Cc2ccsc2)n1. The fraction of sp³-hybridized carbons (Fsp3) is 0.375. The fourth-order valence-electron chi connectivity index (χ4n) is 2.26. The minimum absolute atomic E-state index is 0.0442. The number of nitrogens with zero attached hydrogens (tertiary/aromatic N) is 4. The molecule has 0 aliphatic carbocycles. The number of hydrogen-bond donors (Lipinski definition) is 1. The molecule has 0 spiro atoms. The Hall–Kier alpha value is -2.48. The van der Waals surface area contributed by atoms with Crippen molar-refractivity contribution in [1.29, 1.82) is 0 Å². The highest BCUT2D eigenvalue weighted by molar-refractivity contribution is 7.07. The van der Waals surface area contributed by atoms with Crippen LogP contribution in [0, 0.1) is 0 Å². The summed E-state index contributed by atoms with van der Waals surface area (Å²) >= 11 is 1.65. The molecule has 0 aromatic carbocycles. The van der Waals surface area contributed by atoms with E-state index in [-0.39, 0.29) is 5.91 Å². The molecule has 0 saturated heterocycles. The van der Waals surface area contributed by atoms with Gasteiger partial charge in [-0.05, 0) is 28.8 Å². The molecular formula is C16H19N5O2S. The maximum Gasteiger partial charge on any atom is 0.226 e. The summed E-state index contributed by atoms with van der Waals surface area (Å²) in [5.74, 6) is 1.95. The zero-order chi connectivity index (χ0) is 16.8. The Kier molecular flexibility index (Phi) is 5.37. The van der Waals surface area contributed by atoms with Crippen LogP contribution < -0.4 is 5.32 Å². The van der Waals surface area contributed by atoms with Crippen LogP contribution in [-0.2, 0) is 24.2 Å². The number of amides is 1. The minimum Gasteiger partial charge on any atom is -0.339 e. The van der Waals surface area contributed by atoms with E-state index < -0.39 is 0 Å². The lowest BCUT2D eigenvalue weighted by Crippen LogP contribution is -2.15. The molecule has 0 saturated carbocycles. The molecule has 0 unspecified atom stereocenters. The van der Waals surface area contributed by atoms with Gasteiger partial charge < -0.3 is 9.84 Å². The third kappa shape index (κ3) is 4.29. The highest BCUT2D eigenvalue weighted by Gasteiger charge is 2.10. The number of nitrogens with one attached hydrogen (secondary N) is 1. The summed E-state index contributed by atoms with van der Waals surface area (Å²) in [6.07, 6.45) is 4.10. The van der Waals surface area contributed by atoms with Crippen molar-refractivity contribution >= 4 is 23.1 Å². The van der Waals surface area contributed by atoms with Crippen molar-refractivity contribution in [3.63, 3.8) is 0 Å². The number of anilines is 1. The summed E-state index contributed by atoms with van der Waals surface area (Å²) in [6.45, 7) is 2.62. The minimum atomic E-state index is -0.0442. The number of thiophene rings is 1.